The molecule has 2 aromatic rings. The molecule has 1 aromatic heterocycles. The molecular formula is C19H25N2+. The molecule has 0 bridgehead atoms. The molecule has 0 atom stereocenters. The van der Waals surface area contributed by atoms with Gasteiger partial charge in [0.2, 0.25) is 5.69 Å². The molecular weight excluding hydrogens is 256 g/mol. The van der Waals surface area contributed by atoms with Crippen LogP contribution in [0.25, 0.3) is 6.08 Å². The van der Waals surface area contributed by atoms with E-state index in [-0.39, 0.29) is 0 Å². The van der Waals surface area contributed by atoms with Crippen LogP contribution in [0, 0.1) is 0 Å². The van der Waals surface area contributed by atoms with E-state index in [0.717, 1.165) is 18.7 Å². The summed E-state index contributed by atoms with van der Waals surface area (Å²) in [6, 6.07) is 10.5. The van der Waals surface area contributed by atoms with E-state index in [4.69, 9.17) is 0 Å². The predicted molar refractivity (Wildman–Crippen MR) is 87.8 cm³/mol. The van der Waals surface area contributed by atoms with Gasteiger partial charge >= 0.3 is 0 Å². The normalized spacial score (nSPS) is 11.1. The number of hydrogen-bond acceptors (Lipinski definition) is 1. The average Bonchev–Trinajstić information content (AvgIpc) is 2.53. The van der Waals surface area contributed by atoms with E-state index < -0.39 is 0 Å². The van der Waals surface area contributed by atoms with Gasteiger partial charge in [0.15, 0.2) is 12.7 Å². The first kappa shape index (κ1) is 15.4. The summed E-state index contributed by atoms with van der Waals surface area (Å²) in [5, 5.41) is 0. The van der Waals surface area contributed by atoms with Crippen LogP contribution >= 0.6 is 0 Å². The Kier molecular flexibility index (Phi) is 6.66. The molecule has 110 valence electrons. The first-order valence-corrected chi connectivity index (χ1v) is 7.94. The molecule has 1 heterocycles. The van der Waals surface area contributed by atoms with Crippen LogP contribution < -0.4 is 4.57 Å². The lowest BCUT2D eigenvalue weighted by atomic mass is 10.1. The van der Waals surface area contributed by atoms with Crippen molar-refractivity contribution in [2.24, 2.45) is 0 Å². The van der Waals surface area contributed by atoms with E-state index in [1.165, 1.54) is 31.2 Å². The molecule has 0 aliphatic carbocycles. The molecule has 2 nitrogen and oxygen atoms in total. The summed E-state index contributed by atoms with van der Waals surface area (Å²) in [4.78, 5) is 4.24. The molecule has 0 aliphatic rings. The number of aromatic nitrogens is 2. The summed E-state index contributed by atoms with van der Waals surface area (Å²) in [7, 11) is 0. The average molecular weight is 281 g/mol. The van der Waals surface area contributed by atoms with E-state index in [2.05, 4.69) is 59.0 Å². The molecule has 21 heavy (non-hydrogen) atoms. The van der Waals surface area contributed by atoms with Gasteiger partial charge in [-0.25, -0.2) is 0 Å². The lowest BCUT2D eigenvalue weighted by Crippen LogP contribution is -2.37. The molecule has 0 fully saturated rings. The minimum Gasteiger partial charge on any atom is -0.252 e. The van der Waals surface area contributed by atoms with Gasteiger partial charge in [0, 0.05) is 11.6 Å². The zero-order valence-electron chi connectivity index (χ0n) is 12.9. The first-order chi connectivity index (χ1) is 10.4. The maximum absolute atomic E-state index is 4.24. The Bertz CT molecular complexity index is 547. The summed E-state index contributed by atoms with van der Waals surface area (Å²) in [6.07, 6.45) is 16.7. The van der Waals surface area contributed by atoms with Gasteiger partial charge in [0.1, 0.15) is 0 Å². The Hall–Kier alpha value is -1.96. The van der Waals surface area contributed by atoms with Crippen LogP contribution in [0.5, 0.6) is 0 Å². The van der Waals surface area contributed by atoms with Gasteiger partial charge in [-0.05, 0) is 12.8 Å². The lowest BCUT2D eigenvalue weighted by molar-refractivity contribution is -0.690. The van der Waals surface area contributed by atoms with Gasteiger partial charge in [-0.1, -0.05) is 62.6 Å². The fourth-order valence-corrected chi connectivity index (χ4v) is 2.35. The van der Waals surface area contributed by atoms with Crippen molar-refractivity contribution in [2.45, 2.75) is 45.6 Å². The Morgan fingerprint density at radius 3 is 2.76 bits per heavy atom. The van der Waals surface area contributed by atoms with E-state index in [0.29, 0.717) is 0 Å². The van der Waals surface area contributed by atoms with Crippen LogP contribution in [0.3, 0.4) is 0 Å². The summed E-state index contributed by atoms with van der Waals surface area (Å²) in [6.45, 7) is 3.14. The van der Waals surface area contributed by atoms with E-state index >= 15 is 0 Å². The van der Waals surface area contributed by atoms with Gasteiger partial charge in [0.25, 0.3) is 0 Å². The standard InChI is InChI=1S/C19H25N2/c1-2-3-4-5-6-10-13-19-16-20-14-15-21(19)17-18-11-8-7-9-12-18/h7-16H,2-6,17H2,1H3/q+1. The second kappa shape index (κ2) is 9.06. The van der Waals surface area contributed by atoms with Gasteiger partial charge in [0.05, 0.1) is 12.4 Å². The van der Waals surface area contributed by atoms with Gasteiger partial charge in [-0.3, -0.25) is 4.98 Å². The van der Waals surface area contributed by atoms with Crippen LogP contribution in [0.15, 0.2) is 55.0 Å². The van der Waals surface area contributed by atoms with Crippen molar-refractivity contribution in [3.63, 3.8) is 0 Å². The van der Waals surface area contributed by atoms with Crippen LogP contribution in [-0.4, -0.2) is 4.98 Å². The molecule has 0 amide bonds. The monoisotopic (exact) mass is 281 g/mol. The number of benzene rings is 1. The Balaban J connectivity index is 1.95. The topological polar surface area (TPSA) is 16.8 Å². The summed E-state index contributed by atoms with van der Waals surface area (Å²) < 4.78 is 2.24. The molecule has 0 saturated carbocycles. The molecule has 0 aliphatic heterocycles. The molecule has 1 aromatic carbocycles. The van der Waals surface area contributed by atoms with Crippen molar-refractivity contribution >= 4 is 6.08 Å². The highest BCUT2D eigenvalue weighted by Crippen LogP contribution is 2.05. The molecule has 2 heteroatoms. The number of nitrogens with zero attached hydrogens (tertiary/aromatic N) is 2. The third kappa shape index (κ3) is 5.50. The summed E-state index contributed by atoms with van der Waals surface area (Å²) >= 11 is 0. The van der Waals surface area contributed by atoms with Crippen LogP contribution in [-0.2, 0) is 6.54 Å². The molecule has 2 rings (SSSR count). The Labute approximate surface area is 128 Å². The van der Waals surface area contributed by atoms with Crippen molar-refractivity contribution in [2.75, 3.05) is 0 Å². The molecule has 0 spiro atoms. The SMILES string of the molecule is CCCCCCC=Cc1cncc[n+]1Cc1ccccc1. The molecule has 0 unspecified atom stereocenters. The number of allylic oxidation sites excluding steroid dienone is 1. The molecule has 0 saturated heterocycles. The van der Waals surface area contributed by atoms with E-state index in [9.17, 15) is 0 Å². The zero-order chi connectivity index (χ0) is 14.8. The van der Waals surface area contributed by atoms with Gasteiger partial charge < -0.3 is 0 Å². The minimum absolute atomic E-state index is 0.888. The number of unbranched alkanes of at least 4 members (excludes halogenated alkanes) is 4. The van der Waals surface area contributed by atoms with Crippen molar-refractivity contribution in [3.8, 4) is 0 Å². The lowest BCUT2D eigenvalue weighted by Gasteiger charge is -2.00. The number of hydrogen-bond donors (Lipinski definition) is 0. The van der Waals surface area contributed by atoms with Crippen molar-refractivity contribution < 1.29 is 4.57 Å². The van der Waals surface area contributed by atoms with Crippen molar-refractivity contribution in [1.82, 2.24) is 4.98 Å². The van der Waals surface area contributed by atoms with Crippen molar-refractivity contribution in [3.05, 3.63) is 66.3 Å². The fraction of sp³-hybridized carbons (Fsp3) is 0.368. The molecule has 0 radical (unpaired) electrons. The smallest absolute Gasteiger partial charge is 0.223 e. The van der Waals surface area contributed by atoms with Crippen molar-refractivity contribution in [1.29, 1.82) is 0 Å². The summed E-state index contributed by atoms with van der Waals surface area (Å²) in [5.74, 6) is 0. The maximum atomic E-state index is 4.24. The fourth-order valence-electron chi connectivity index (χ4n) is 2.35. The highest BCUT2D eigenvalue weighted by atomic mass is 15.0. The third-order valence-corrected chi connectivity index (χ3v) is 3.58. The quantitative estimate of drug-likeness (QED) is 0.517. The van der Waals surface area contributed by atoms with E-state index in [1.54, 1.807) is 0 Å². The van der Waals surface area contributed by atoms with Crippen LogP contribution in [0.4, 0.5) is 0 Å². The summed E-state index contributed by atoms with van der Waals surface area (Å²) in [5.41, 5.74) is 2.48. The molecule has 0 N–H and O–H groups in total. The Morgan fingerprint density at radius 1 is 1.10 bits per heavy atom. The predicted octanol–water partition coefficient (Wildman–Crippen LogP) is 4.40. The highest BCUT2D eigenvalue weighted by molar-refractivity contribution is 5.39. The van der Waals surface area contributed by atoms with Gasteiger partial charge in [-0.2, -0.15) is 4.57 Å². The van der Waals surface area contributed by atoms with Crippen LogP contribution in [0.1, 0.15) is 50.3 Å². The Morgan fingerprint density at radius 2 is 1.95 bits per heavy atom. The van der Waals surface area contributed by atoms with E-state index in [1.807, 2.05) is 18.6 Å². The third-order valence-electron chi connectivity index (χ3n) is 3.58. The van der Waals surface area contributed by atoms with Gasteiger partial charge in [-0.15, -0.1) is 0 Å². The highest BCUT2D eigenvalue weighted by Gasteiger charge is 2.07. The first-order valence-electron chi connectivity index (χ1n) is 7.94. The number of rotatable bonds is 8. The second-order valence-electron chi connectivity index (χ2n) is 5.37. The maximum Gasteiger partial charge on any atom is 0.223 e. The largest absolute Gasteiger partial charge is 0.252 e. The second-order valence-corrected chi connectivity index (χ2v) is 5.37. The zero-order valence-corrected chi connectivity index (χ0v) is 12.9. The minimum atomic E-state index is 0.888. The van der Waals surface area contributed by atoms with Crippen LogP contribution in [0.2, 0.25) is 0 Å².